The zero-order chi connectivity index (χ0) is 19.3. The lowest BCUT2D eigenvalue weighted by atomic mass is 9.88. The Balaban J connectivity index is 1.75. The van der Waals surface area contributed by atoms with Gasteiger partial charge < -0.3 is 5.32 Å². The number of amides is 3. The van der Waals surface area contributed by atoms with E-state index < -0.39 is 33.7 Å². The van der Waals surface area contributed by atoms with Crippen LogP contribution in [0.5, 0.6) is 0 Å². The van der Waals surface area contributed by atoms with Gasteiger partial charge in [-0.1, -0.05) is 12.1 Å². The number of rotatable bonds is 3. The molecule has 0 bridgehead atoms. The van der Waals surface area contributed by atoms with Gasteiger partial charge in [0.25, 0.3) is 11.6 Å². The molecule has 0 saturated heterocycles. The molecule has 1 aromatic rings. The maximum absolute atomic E-state index is 12.6. The van der Waals surface area contributed by atoms with Gasteiger partial charge in [0.15, 0.2) is 5.17 Å². The maximum atomic E-state index is 12.6. The average molecular weight is 388 g/mol. The Bertz CT molecular complexity index is 1000. The van der Waals surface area contributed by atoms with Crippen LogP contribution in [0.4, 0.5) is 10.5 Å². The van der Waals surface area contributed by atoms with E-state index in [2.05, 4.69) is 15.3 Å². The third-order valence-corrected chi connectivity index (χ3v) is 5.04. The molecule has 3 aliphatic rings. The summed E-state index contributed by atoms with van der Waals surface area (Å²) < 4.78 is 0. The second-order valence-corrected chi connectivity index (χ2v) is 6.64. The summed E-state index contributed by atoms with van der Waals surface area (Å²) in [6.07, 6.45) is 1.16. The van der Waals surface area contributed by atoms with Gasteiger partial charge in [-0.15, -0.1) is 0 Å². The Morgan fingerprint density at radius 3 is 2.41 bits per heavy atom. The highest BCUT2D eigenvalue weighted by molar-refractivity contribution is 8.17. The Kier molecular flexibility index (Phi) is 3.73. The number of hydrogen-bond donors (Lipinski definition) is 1. The van der Waals surface area contributed by atoms with Crippen molar-refractivity contribution in [3.8, 4) is 0 Å². The van der Waals surface area contributed by atoms with Crippen LogP contribution in [0.3, 0.4) is 0 Å². The Labute approximate surface area is 153 Å². The minimum Gasteiger partial charge on any atom is -0.328 e. The SMILES string of the molecule is O=C1N=C2C(C(=O)N=C3SC([N+](=O)[O-])=CN32)C(c2ccc([N+](=O)[O-])cc2)N1. The van der Waals surface area contributed by atoms with Crippen LogP contribution in [0.15, 0.2) is 45.5 Å². The van der Waals surface area contributed by atoms with Crippen molar-refractivity contribution in [3.05, 3.63) is 61.3 Å². The predicted octanol–water partition coefficient (Wildman–Crippen LogP) is 1.39. The van der Waals surface area contributed by atoms with Gasteiger partial charge in [0, 0.05) is 23.9 Å². The highest BCUT2D eigenvalue weighted by atomic mass is 32.2. The molecule has 3 amide bonds. The number of nitro benzene ring substituents is 1. The minimum atomic E-state index is -1.00. The van der Waals surface area contributed by atoms with E-state index in [1.165, 1.54) is 29.2 Å². The number of non-ortho nitro benzene ring substituents is 1. The van der Waals surface area contributed by atoms with Gasteiger partial charge in [0.1, 0.15) is 11.8 Å². The van der Waals surface area contributed by atoms with E-state index in [9.17, 15) is 29.8 Å². The van der Waals surface area contributed by atoms with Crippen molar-refractivity contribution in [2.24, 2.45) is 15.9 Å². The molecule has 2 unspecified atom stereocenters. The molecule has 3 heterocycles. The van der Waals surface area contributed by atoms with Crippen LogP contribution in [-0.4, -0.2) is 37.7 Å². The largest absolute Gasteiger partial charge is 0.343 e. The van der Waals surface area contributed by atoms with E-state index in [1.54, 1.807) is 0 Å². The first kappa shape index (κ1) is 16.8. The number of carbonyl (C=O) groups is 2. The summed E-state index contributed by atoms with van der Waals surface area (Å²) in [5.41, 5.74) is 0.309. The molecule has 0 aromatic heterocycles. The fourth-order valence-electron chi connectivity index (χ4n) is 2.93. The maximum Gasteiger partial charge on any atom is 0.343 e. The number of urea groups is 1. The summed E-state index contributed by atoms with van der Waals surface area (Å²) in [6, 6.07) is 3.77. The predicted molar refractivity (Wildman–Crippen MR) is 92.2 cm³/mol. The number of hydrogen-bond acceptors (Lipinski definition) is 8. The molecule has 0 fully saturated rings. The monoisotopic (exact) mass is 388 g/mol. The van der Waals surface area contributed by atoms with Crippen LogP contribution in [0.2, 0.25) is 0 Å². The average Bonchev–Trinajstić information content (AvgIpc) is 3.05. The first-order valence-electron chi connectivity index (χ1n) is 7.44. The third kappa shape index (κ3) is 2.73. The van der Waals surface area contributed by atoms with Crippen molar-refractivity contribution in [3.63, 3.8) is 0 Å². The Hall–Kier alpha value is -3.61. The third-order valence-electron chi connectivity index (χ3n) is 4.11. The number of carbonyl (C=O) groups excluding carboxylic acids is 2. The number of fused-ring (bicyclic) bond motifs is 3. The van der Waals surface area contributed by atoms with Crippen LogP contribution < -0.4 is 5.32 Å². The van der Waals surface area contributed by atoms with Crippen molar-refractivity contribution in [1.82, 2.24) is 10.2 Å². The lowest BCUT2D eigenvalue weighted by Crippen LogP contribution is -2.52. The van der Waals surface area contributed by atoms with E-state index in [4.69, 9.17) is 0 Å². The van der Waals surface area contributed by atoms with Crippen molar-refractivity contribution >= 4 is 40.4 Å². The van der Waals surface area contributed by atoms with Crippen molar-refractivity contribution < 1.29 is 19.4 Å². The summed E-state index contributed by atoms with van der Waals surface area (Å²) in [6.45, 7) is 0. The molecule has 13 heteroatoms. The molecule has 0 spiro atoms. The molecule has 136 valence electrons. The number of nitro groups is 2. The molecule has 3 aliphatic heterocycles. The Morgan fingerprint density at radius 1 is 1.07 bits per heavy atom. The van der Waals surface area contributed by atoms with E-state index in [-0.39, 0.29) is 21.7 Å². The van der Waals surface area contributed by atoms with E-state index in [0.29, 0.717) is 17.3 Å². The summed E-state index contributed by atoms with van der Waals surface area (Å²) in [7, 11) is 0. The molecule has 0 aliphatic carbocycles. The molecule has 0 radical (unpaired) electrons. The van der Waals surface area contributed by atoms with Gasteiger partial charge in [-0.3, -0.25) is 29.9 Å². The molecular formula is C14H8N6O6S. The van der Waals surface area contributed by atoms with Gasteiger partial charge >= 0.3 is 11.1 Å². The zero-order valence-electron chi connectivity index (χ0n) is 13.1. The van der Waals surface area contributed by atoms with E-state index in [0.717, 1.165) is 6.20 Å². The molecule has 27 heavy (non-hydrogen) atoms. The van der Waals surface area contributed by atoms with E-state index in [1.807, 2.05) is 0 Å². The highest BCUT2D eigenvalue weighted by Gasteiger charge is 2.48. The number of amidine groups is 2. The minimum absolute atomic E-state index is 0.0291. The van der Waals surface area contributed by atoms with Gasteiger partial charge in [-0.05, 0) is 5.56 Å². The molecular weight excluding hydrogens is 380 g/mol. The molecule has 1 aromatic carbocycles. The van der Waals surface area contributed by atoms with Crippen molar-refractivity contribution in [2.75, 3.05) is 0 Å². The van der Waals surface area contributed by atoms with Crippen LogP contribution in [-0.2, 0) is 4.79 Å². The summed E-state index contributed by atoms with van der Waals surface area (Å²) in [5, 5.41) is 24.2. The van der Waals surface area contributed by atoms with Crippen LogP contribution >= 0.6 is 11.8 Å². The molecule has 4 rings (SSSR count). The fourth-order valence-corrected chi connectivity index (χ4v) is 3.73. The lowest BCUT2D eigenvalue weighted by molar-refractivity contribution is -0.410. The second-order valence-electron chi connectivity index (χ2n) is 5.65. The zero-order valence-corrected chi connectivity index (χ0v) is 14.0. The lowest BCUT2D eigenvalue weighted by Gasteiger charge is -2.35. The topological polar surface area (TPSA) is 160 Å². The van der Waals surface area contributed by atoms with Gasteiger partial charge in [0.2, 0.25) is 0 Å². The summed E-state index contributed by atoms with van der Waals surface area (Å²) in [4.78, 5) is 54.2. The number of thioether (sulfide) groups is 1. The highest BCUT2D eigenvalue weighted by Crippen LogP contribution is 2.38. The second kappa shape index (κ2) is 5.98. The number of nitrogens with zero attached hydrogens (tertiary/aromatic N) is 5. The molecule has 2 atom stereocenters. The standard InChI is InChI=1S/C14H8N6O6S/c21-12-9-10(6-1-3-7(4-2-6)19(23)24)15-13(22)16-11(9)18-5-8(20(25)26)27-14(18)17-12/h1-5,9-10H,(H,15,22). The first-order valence-corrected chi connectivity index (χ1v) is 8.26. The first-order chi connectivity index (χ1) is 12.8. The van der Waals surface area contributed by atoms with Gasteiger partial charge in [0.05, 0.1) is 22.1 Å². The summed E-state index contributed by atoms with van der Waals surface area (Å²) >= 11 is 0.695. The fraction of sp³-hybridized carbons (Fsp3) is 0.143. The quantitative estimate of drug-likeness (QED) is 0.600. The molecule has 0 saturated carbocycles. The normalized spacial score (nSPS) is 23.6. The summed E-state index contributed by atoms with van der Waals surface area (Å²) in [5.74, 6) is -1.59. The molecule has 12 nitrogen and oxygen atoms in total. The smallest absolute Gasteiger partial charge is 0.328 e. The van der Waals surface area contributed by atoms with E-state index >= 15 is 0 Å². The van der Waals surface area contributed by atoms with Crippen LogP contribution in [0.25, 0.3) is 0 Å². The van der Waals surface area contributed by atoms with Gasteiger partial charge in [-0.2, -0.15) is 9.98 Å². The Morgan fingerprint density at radius 2 is 1.78 bits per heavy atom. The van der Waals surface area contributed by atoms with Crippen molar-refractivity contribution in [1.29, 1.82) is 0 Å². The van der Waals surface area contributed by atoms with Gasteiger partial charge in [-0.25, -0.2) is 4.79 Å². The number of nitrogens with one attached hydrogen (secondary N) is 1. The van der Waals surface area contributed by atoms with Crippen LogP contribution in [0, 0.1) is 26.1 Å². The molecule has 1 N–H and O–H groups in total. The number of benzene rings is 1. The van der Waals surface area contributed by atoms with Crippen molar-refractivity contribution in [2.45, 2.75) is 6.04 Å². The van der Waals surface area contributed by atoms with Crippen LogP contribution in [0.1, 0.15) is 11.6 Å². The number of aliphatic imine (C=N–C) groups is 2.